The van der Waals surface area contributed by atoms with E-state index in [1.807, 2.05) is 51.1 Å². The predicted molar refractivity (Wildman–Crippen MR) is 137 cm³/mol. The van der Waals surface area contributed by atoms with Crippen LogP contribution in [0.25, 0.3) is 0 Å². The highest BCUT2D eigenvalue weighted by Crippen LogP contribution is 2.12. The lowest BCUT2D eigenvalue weighted by Gasteiger charge is -2.24. The summed E-state index contributed by atoms with van der Waals surface area (Å²) < 4.78 is 0. The van der Waals surface area contributed by atoms with Gasteiger partial charge in [0, 0.05) is 29.0 Å². The number of amides is 3. The van der Waals surface area contributed by atoms with E-state index in [9.17, 15) is 19.5 Å². The molecule has 3 amide bonds. The highest BCUT2D eigenvalue weighted by atomic mass is 32.2. The van der Waals surface area contributed by atoms with Crippen molar-refractivity contribution in [2.75, 3.05) is 18.1 Å². The van der Waals surface area contributed by atoms with Crippen LogP contribution in [0.1, 0.15) is 55.1 Å². The average molecular weight is 481 g/mol. The molecular formula is C27H32N2O4S. The third kappa shape index (κ3) is 8.95. The Labute approximate surface area is 206 Å². The second-order valence-corrected chi connectivity index (χ2v) is 9.35. The SMILES string of the molecule is CCCCN(C(=O)N[C@@H](CSCC(C)C)C(=O)O)C(=O)c1cccc(C#Cc2ccccc2)c1. The molecule has 2 aromatic carbocycles. The van der Waals surface area contributed by atoms with Gasteiger partial charge in [0.1, 0.15) is 6.04 Å². The average Bonchev–Trinajstić information content (AvgIpc) is 2.82. The third-order valence-electron chi connectivity index (χ3n) is 4.79. The van der Waals surface area contributed by atoms with Gasteiger partial charge in [0.05, 0.1) is 0 Å². The fourth-order valence-corrected chi connectivity index (χ4v) is 4.06. The van der Waals surface area contributed by atoms with Crippen LogP contribution in [0.15, 0.2) is 54.6 Å². The van der Waals surface area contributed by atoms with Crippen LogP contribution in [0, 0.1) is 17.8 Å². The minimum atomic E-state index is -1.12. The molecule has 1 atom stereocenters. The van der Waals surface area contributed by atoms with Gasteiger partial charge in [-0.05, 0) is 48.4 Å². The Morgan fingerprint density at radius 2 is 1.68 bits per heavy atom. The van der Waals surface area contributed by atoms with Crippen LogP contribution in [-0.4, -0.2) is 52.0 Å². The zero-order valence-electron chi connectivity index (χ0n) is 19.9. The van der Waals surface area contributed by atoms with E-state index >= 15 is 0 Å². The van der Waals surface area contributed by atoms with Gasteiger partial charge in [0.2, 0.25) is 0 Å². The summed E-state index contributed by atoms with van der Waals surface area (Å²) >= 11 is 1.47. The first-order valence-corrected chi connectivity index (χ1v) is 12.6. The Morgan fingerprint density at radius 3 is 2.32 bits per heavy atom. The lowest BCUT2D eigenvalue weighted by atomic mass is 10.1. The van der Waals surface area contributed by atoms with Gasteiger partial charge >= 0.3 is 12.0 Å². The highest BCUT2D eigenvalue weighted by molar-refractivity contribution is 7.99. The van der Waals surface area contributed by atoms with Crippen LogP contribution in [-0.2, 0) is 4.79 Å². The molecule has 6 nitrogen and oxygen atoms in total. The molecule has 0 bridgehead atoms. The van der Waals surface area contributed by atoms with E-state index in [2.05, 4.69) is 17.2 Å². The van der Waals surface area contributed by atoms with Gasteiger partial charge < -0.3 is 10.4 Å². The van der Waals surface area contributed by atoms with Crippen LogP contribution in [0.2, 0.25) is 0 Å². The third-order valence-corrected chi connectivity index (χ3v) is 6.26. The molecule has 0 aliphatic carbocycles. The molecule has 7 heteroatoms. The molecule has 0 aliphatic heterocycles. The maximum absolute atomic E-state index is 13.2. The number of nitrogens with one attached hydrogen (secondary N) is 1. The summed E-state index contributed by atoms with van der Waals surface area (Å²) in [5.41, 5.74) is 1.84. The molecule has 0 spiro atoms. The number of nitrogens with zero attached hydrogens (tertiary/aromatic N) is 1. The summed E-state index contributed by atoms with van der Waals surface area (Å²) in [6.45, 7) is 6.26. The number of carboxylic acid groups (broad SMARTS) is 1. The van der Waals surface area contributed by atoms with E-state index in [1.165, 1.54) is 11.8 Å². The van der Waals surface area contributed by atoms with Crippen molar-refractivity contribution in [3.8, 4) is 11.8 Å². The molecule has 180 valence electrons. The van der Waals surface area contributed by atoms with E-state index in [0.717, 1.165) is 22.6 Å². The van der Waals surface area contributed by atoms with Gasteiger partial charge in [0.15, 0.2) is 0 Å². The van der Waals surface area contributed by atoms with E-state index in [4.69, 9.17) is 0 Å². The zero-order chi connectivity index (χ0) is 24.9. The van der Waals surface area contributed by atoms with Gasteiger partial charge in [-0.1, -0.05) is 63.3 Å². The Hall–Kier alpha value is -3.24. The van der Waals surface area contributed by atoms with Crippen molar-refractivity contribution in [1.82, 2.24) is 10.2 Å². The number of carboxylic acids is 1. The Morgan fingerprint density at radius 1 is 1.00 bits per heavy atom. The van der Waals surface area contributed by atoms with Crippen LogP contribution in [0.5, 0.6) is 0 Å². The number of imide groups is 1. The van der Waals surface area contributed by atoms with Crippen LogP contribution in [0.3, 0.4) is 0 Å². The minimum Gasteiger partial charge on any atom is -0.480 e. The van der Waals surface area contributed by atoms with Crippen molar-refractivity contribution in [2.45, 2.75) is 39.7 Å². The number of benzene rings is 2. The van der Waals surface area contributed by atoms with E-state index < -0.39 is 23.9 Å². The summed E-state index contributed by atoms with van der Waals surface area (Å²) in [7, 11) is 0. The molecule has 0 saturated carbocycles. The molecule has 0 heterocycles. The molecule has 34 heavy (non-hydrogen) atoms. The van der Waals surface area contributed by atoms with Crippen LogP contribution in [0.4, 0.5) is 4.79 Å². The van der Waals surface area contributed by atoms with E-state index in [1.54, 1.807) is 24.3 Å². The molecule has 2 N–H and O–H groups in total. The van der Waals surface area contributed by atoms with Crippen molar-refractivity contribution >= 4 is 29.7 Å². The first kappa shape index (κ1) is 27.0. The van der Waals surface area contributed by atoms with Crippen LogP contribution >= 0.6 is 11.8 Å². The summed E-state index contributed by atoms with van der Waals surface area (Å²) in [5, 5.41) is 12.1. The van der Waals surface area contributed by atoms with E-state index in [0.29, 0.717) is 23.5 Å². The minimum absolute atomic E-state index is 0.201. The van der Waals surface area contributed by atoms with Crippen molar-refractivity contribution in [1.29, 1.82) is 0 Å². The summed E-state index contributed by atoms with van der Waals surface area (Å²) in [6, 6.07) is 14.6. The summed E-state index contributed by atoms with van der Waals surface area (Å²) in [6.07, 6.45) is 1.40. The molecule has 0 fully saturated rings. The molecule has 2 aromatic rings. The molecule has 0 saturated heterocycles. The predicted octanol–water partition coefficient (Wildman–Crippen LogP) is 4.88. The van der Waals surface area contributed by atoms with Crippen LogP contribution < -0.4 is 5.32 Å². The van der Waals surface area contributed by atoms with Gasteiger partial charge in [-0.3, -0.25) is 9.69 Å². The fourth-order valence-electron chi connectivity index (χ4n) is 2.99. The van der Waals surface area contributed by atoms with Gasteiger partial charge in [-0.15, -0.1) is 0 Å². The van der Waals surface area contributed by atoms with Crippen molar-refractivity contribution in [3.63, 3.8) is 0 Å². The topological polar surface area (TPSA) is 86.7 Å². The molecule has 0 aliphatic rings. The lowest BCUT2D eigenvalue weighted by molar-refractivity contribution is -0.138. The highest BCUT2D eigenvalue weighted by Gasteiger charge is 2.27. The Bertz CT molecular complexity index is 1030. The Balaban J connectivity index is 2.18. The monoisotopic (exact) mass is 480 g/mol. The summed E-state index contributed by atoms with van der Waals surface area (Å²) in [4.78, 5) is 39.0. The van der Waals surface area contributed by atoms with Gasteiger partial charge in [-0.25, -0.2) is 9.59 Å². The molecular weight excluding hydrogens is 448 g/mol. The number of hydrogen-bond acceptors (Lipinski definition) is 4. The van der Waals surface area contributed by atoms with Crippen molar-refractivity contribution < 1.29 is 19.5 Å². The smallest absolute Gasteiger partial charge is 0.327 e. The quantitative estimate of drug-likeness (QED) is 0.473. The van der Waals surface area contributed by atoms with E-state index in [-0.39, 0.29) is 12.3 Å². The number of carbonyl (C=O) groups is 3. The first-order chi connectivity index (χ1) is 16.3. The van der Waals surface area contributed by atoms with Crippen molar-refractivity contribution in [3.05, 3.63) is 71.3 Å². The molecule has 0 unspecified atom stereocenters. The largest absolute Gasteiger partial charge is 0.480 e. The normalized spacial score (nSPS) is 11.3. The lowest BCUT2D eigenvalue weighted by Crippen LogP contribution is -2.51. The number of rotatable bonds is 10. The van der Waals surface area contributed by atoms with Crippen molar-refractivity contribution in [2.24, 2.45) is 5.92 Å². The maximum atomic E-state index is 13.2. The number of carbonyl (C=O) groups excluding carboxylic acids is 2. The maximum Gasteiger partial charge on any atom is 0.327 e. The zero-order valence-corrected chi connectivity index (χ0v) is 20.7. The fraction of sp³-hybridized carbons (Fsp3) is 0.370. The number of aliphatic carboxylic acids is 1. The number of urea groups is 1. The second-order valence-electron chi connectivity index (χ2n) is 8.28. The second kappa shape index (κ2) is 14.1. The summed E-state index contributed by atoms with van der Waals surface area (Å²) in [5.74, 6) is 5.94. The van der Waals surface area contributed by atoms with Gasteiger partial charge in [0.25, 0.3) is 5.91 Å². The standard InChI is InChI=1S/C27H32N2O4S/c1-4-5-16-29(27(33)28-24(26(31)32)19-34-18-20(2)3)25(30)23-13-9-12-22(17-23)15-14-21-10-7-6-8-11-21/h6-13,17,20,24H,4-5,16,18-19H2,1-3H3,(H,28,33)(H,31,32)/t24-/m0/s1. The number of hydrogen-bond donors (Lipinski definition) is 2. The number of unbranched alkanes of at least 4 members (excludes halogenated alkanes) is 1. The Kier molecular flexibility index (Phi) is 11.2. The molecule has 0 radical (unpaired) electrons. The molecule has 0 aromatic heterocycles. The first-order valence-electron chi connectivity index (χ1n) is 11.4. The number of thioether (sulfide) groups is 1. The van der Waals surface area contributed by atoms with Gasteiger partial charge in [-0.2, -0.15) is 11.8 Å². The molecule has 2 rings (SSSR count).